The van der Waals surface area contributed by atoms with Crippen LogP contribution in [0, 0.1) is 11.3 Å². The van der Waals surface area contributed by atoms with Crippen molar-refractivity contribution >= 4 is 23.0 Å². The van der Waals surface area contributed by atoms with Crippen molar-refractivity contribution in [2.75, 3.05) is 0 Å². The molecule has 2 aromatic heterocycles. The van der Waals surface area contributed by atoms with E-state index in [9.17, 15) is 5.26 Å². The van der Waals surface area contributed by atoms with Crippen LogP contribution < -0.4 is 0 Å². The van der Waals surface area contributed by atoms with Crippen LogP contribution in [-0.4, -0.2) is 14.8 Å². The third-order valence-corrected chi connectivity index (χ3v) is 3.92. The molecule has 0 saturated heterocycles. The largest absolute Gasteiger partial charge is 0.310 e. The lowest BCUT2D eigenvalue weighted by Crippen LogP contribution is -1.98. The van der Waals surface area contributed by atoms with Crippen molar-refractivity contribution in [3.05, 3.63) is 58.5 Å². The van der Waals surface area contributed by atoms with E-state index < -0.39 is 0 Å². The molecule has 2 heterocycles. The Morgan fingerprint density at radius 3 is 2.67 bits per heavy atom. The fourth-order valence-electron chi connectivity index (χ4n) is 2.06. The fraction of sp³-hybridized carbons (Fsp3) is 0.0625. The Morgan fingerprint density at radius 2 is 2.00 bits per heavy atom. The van der Waals surface area contributed by atoms with Crippen LogP contribution in [0.4, 0.5) is 0 Å². The molecule has 0 aliphatic carbocycles. The average molecular weight is 292 g/mol. The van der Waals surface area contributed by atoms with E-state index in [0.717, 1.165) is 16.3 Å². The maximum Gasteiger partial charge on any atom is 0.174 e. The molecule has 102 valence electrons. The molecule has 0 atom stereocenters. The Labute approximate surface area is 126 Å². The maximum atomic E-state index is 9.39. The number of benzene rings is 1. The first-order valence-electron chi connectivity index (χ1n) is 6.40. The zero-order valence-corrected chi connectivity index (χ0v) is 12.2. The van der Waals surface area contributed by atoms with E-state index >= 15 is 0 Å². The van der Waals surface area contributed by atoms with Crippen LogP contribution in [0.5, 0.6) is 0 Å². The van der Waals surface area contributed by atoms with E-state index in [2.05, 4.69) is 16.3 Å². The standard InChI is InChI=1S/C16H12N4S/c1-20-15(12-6-3-2-4-7-12)18-19-16(20)13(11-17)10-14-8-5-9-21-14/h2-10H,1H3. The molecule has 1 aromatic carbocycles. The summed E-state index contributed by atoms with van der Waals surface area (Å²) in [5.74, 6) is 1.32. The molecule has 0 unspecified atom stereocenters. The molecule has 0 spiro atoms. The van der Waals surface area contributed by atoms with E-state index in [1.807, 2.05) is 65.5 Å². The summed E-state index contributed by atoms with van der Waals surface area (Å²) in [5, 5.41) is 19.7. The number of hydrogen-bond donors (Lipinski definition) is 0. The van der Waals surface area contributed by atoms with Gasteiger partial charge in [-0.05, 0) is 17.5 Å². The molecule has 0 N–H and O–H groups in total. The summed E-state index contributed by atoms with van der Waals surface area (Å²) in [5.41, 5.74) is 1.49. The highest BCUT2D eigenvalue weighted by molar-refractivity contribution is 7.10. The fourth-order valence-corrected chi connectivity index (χ4v) is 2.72. The van der Waals surface area contributed by atoms with Gasteiger partial charge in [0.1, 0.15) is 6.07 Å². The molecule has 3 aromatic rings. The van der Waals surface area contributed by atoms with Gasteiger partial charge in [0.05, 0.1) is 5.57 Å². The molecular weight excluding hydrogens is 280 g/mol. The summed E-state index contributed by atoms with van der Waals surface area (Å²) in [7, 11) is 1.87. The summed E-state index contributed by atoms with van der Waals surface area (Å²) >= 11 is 1.59. The smallest absolute Gasteiger partial charge is 0.174 e. The number of nitriles is 1. The number of rotatable bonds is 3. The third-order valence-electron chi connectivity index (χ3n) is 3.10. The van der Waals surface area contributed by atoms with E-state index in [0.29, 0.717) is 11.4 Å². The summed E-state index contributed by atoms with van der Waals surface area (Å²) in [6.45, 7) is 0. The molecule has 5 heteroatoms. The molecule has 21 heavy (non-hydrogen) atoms. The average Bonchev–Trinajstić information content (AvgIpc) is 3.15. The highest BCUT2D eigenvalue weighted by Crippen LogP contribution is 2.23. The molecule has 0 bridgehead atoms. The Morgan fingerprint density at radius 1 is 1.19 bits per heavy atom. The first kappa shape index (κ1) is 13.3. The van der Waals surface area contributed by atoms with Crippen molar-refractivity contribution in [3.63, 3.8) is 0 Å². The minimum absolute atomic E-state index is 0.509. The molecule has 0 saturated carbocycles. The lowest BCUT2D eigenvalue weighted by molar-refractivity contribution is 0.901. The number of thiophene rings is 1. The van der Waals surface area contributed by atoms with Crippen LogP contribution in [0.2, 0.25) is 0 Å². The van der Waals surface area contributed by atoms with Crippen LogP contribution in [-0.2, 0) is 7.05 Å². The second kappa shape index (κ2) is 5.73. The van der Waals surface area contributed by atoms with Gasteiger partial charge < -0.3 is 4.57 Å². The topological polar surface area (TPSA) is 54.5 Å². The zero-order valence-electron chi connectivity index (χ0n) is 11.4. The Kier molecular flexibility index (Phi) is 3.63. The van der Waals surface area contributed by atoms with E-state index in [4.69, 9.17) is 0 Å². The molecule has 0 aliphatic heterocycles. The molecule has 0 aliphatic rings. The highest BCUT2D eigenvalue weighted by atomic mass is 32.1. The SMILES string of the molecule is Cn1c(C(C#N)=Cc2cccs2)nnc1-c1ccccc1. The molecular formula is C16H12N4S. The quantitative estimate of drug-likeness (QED) is 0.693. The van der Waals surface area contributed by atoms with Crippen molar-refractivity contribution in [2.45, 2.75) is 0 Å². The summed E-state index contributed by atoms with van der Waals surface area (Å²) in [4.78, 5) is 1.02. The van der Waals surface area contributed by atoms with Gasteiger partial charge in [0.25, 0.3) is 0 Å². The van der Waals surface area contributed by atoms with E-state index in [1.54, 1.807) is 11.3 Å². The predicted octanol–water partition coefficient (Wildman–Crippen LogP) is 3.61. The molecule has 3 rings (SSSR count). The Bertz CT molecular complexity index is 808. The van der Waals surface area contributed by atoms with Crippen LogP contribution in [0.25, 0.3) is 23.0 Å². The van der Waals surface area contributed by atoms with Gasteiger partial charge in [-0.25, -0.2) is 0 Å². The van der Waals surface area contributed by atoms with Crippen LogP contribution in [0.15, 0.2) is 47.8 Å². The highest BCUT2D eigenvalue weighted by Gasteiger charge is 2.14. The number of aromatic nitrogens is 3. The zero-order chi connectivity index (χ0) is 14.7. The first-order valence-corrected chi connectivity index (χ1v) is 7.28. The van der Waals surface area contributed by atoms with Crippen molar-refractivity contribution in [3.8, 4) is 17.5 Å². The second-order valence-electron chi connectivity index (χ2n) is 4.46. The number of nitrogens with zero attached hydrogens (tertiary/aromatic N) is 4. The summed E-state index contributed by atoms with van der Waals surface area (Å²) < 4.78 is 1.85. The van der Waals surface area contributed by atoms with Gasteiger partial charge >= 0.3 is 0 Å². The lowest BCUT2D eigenvalue weighted by Gasteiger charge is -2.02. The van der Waals surface area contributed by atoms with E-state index in [-0.39, 0.29) is 0 Å². The van der Waals surface area contributed by atoms with Crippen molar-refractivity contribution in [2.24, 2.45) is 7.05 Å². The molecule has 0 fully saturated rings. The molecule has 0 amide bonds. The van der Waals surface area contributed by atoms with Gasteiger partial charge in [0, 0.05) is 17.5 Å². The molecule has 4 nitrogen and oxygen atoms in total. The second-order valence-corrected chi connectivity index (χ2v) is 5.44. The lowest BCUT2D eigenvalue weighted by atomic mass is 10.2. The van der Waals surface area contributed by atoms with Crippen molar-refractivity contribution in [1.82, 2.24) is 14.8 Å². The van der Waals surface area contributed by atoms with Gasteiger partial charge in [0.2, 0.25) is 0 Å². The predicted molar refractivity (Wildman–Crippen MR) is 84.2 cm³/mol. The van der Waals surface area contributed by atoms with E-state index in [1.165, 1.54) is 0 Å². The van der Waals surface area contributed by atoms with Gasteiger partial charge in [0.15, 0.2) is 11.6 Å². The number of allylic oxidation sites excluding steroid dienone is 1. The minimum Gasteiger partial charge on any atom is -0.310 e. The van der Waals surface area contributed by atoms with Crippen molar-refractivity contribution < 1.29 is 0 Å². The minimum atomic E-state index is 0.509. The maximum absolute atomic E-state index is 9.39. The van der Waals surface area contributed by atoms with Crippen molar-refractivity contribution in [1.29, 1.82) is 5.26 Å². The van der Waals surface area contributed by atoms with Gasteiger partial charge in [-0.3, -0.25) is 0 Å². The normalized spacial score (nSPS) is 11.3. The van der Waals surface area contributed by atoms with Gasteiger partial charge in [-0.15, -0.1) is 21.5 Å². The number of hydrogen-bond acceptors (Lipinski definition) is 4. The first-order chi connectivity index (χ1) is 10.3. The van der Waals surface area contributed by atoms with Gasteiger partial charge in [-0.1, -0.05) is 36.4 Å². The Balaban J connectivity index is 2.04. The summed E-state index contributed by atoms with van der Waals surface area (Å²) in [6.07, 6.45) is 1.84. The molecule has 0 radical (unpaired) electrons. The van der Waals surface area contributed by atoms with Crippen LogP contribution >= 0.6 is 11.3 Å². The van der Waals surface area contributed by atoms with Crippen LogP contribution in [0.1, 0.15) is 10.7 Å². The summed E-state index contributed by atoms with van der Waals surface area (Å²) in [6, 6.07) is 15.9. The van der Waals surface area contributed by atoms with Crippen LogP contribution in [0.3, 0.4) is 0 Å². The Hall–Kier alpha value is -2.71. The third kappa shape index (κ3) is 2.62. The monoisotopic (exact) mass is 292 g/mol. The van der Waals surface area contributed by atoms with Gasteiger partial charge in [-0.2, -0.15) is 5.26 Å².